The third kappa shape index (κ3) is 3.23. The van der Waals surface area contributed by atoms with Gasteiger partial charge in [0.25, 0.3) is 0 Å². The van der Waals surface area contributed by atoms with Crippen molar-refractivity contribution in [1.29, 1.82) is 0 Å². The first kappa shape index (κ1) is 10.9. The molecule has 0 aliphatic carbocycles. The van der Waals surface area contributed by atoms with Crippen LogP contribution in [0.1, 0.15) is 13.3 Å². The maximum atomic E-state index is 8.99. The molecule has 0 saturated carbocycles. The Balaban J connectivity index is 2.31. The van der Waals surface area contributed by atoms with Crippen molar-refractivity contribution in [3.05, 3.63) is 0 Å². The second-order valence-corrected chi connectivity index (χ2v) is 4.19. The molecule has 1 aliphatic rings. The monoisotopic (exact) mass is 188 g/mol. The van der Waals surface area contributed by atoms with Crippen molar-refractivity contribution in [3.8, 4) is 0 Å². The van der Waals surface area contributed by atoms with Crippen LogP contribution < -0.4 is 5.73 Å². The van der Waals surface area contributed by atoms with Crippen molar-refractivity contribution in [2.75, 3.05) is 33.4 Å². The maximum Gasteiger partial charge on any atom is 0.0710 e. The lowest BCUT2D eigenvalue weighted by atomic mass is 10.1. The first-order valence-corrected chi connectivity index (χ1v) is 4.72. The molecule has 1 fully saturated rings. The average Bonchev–Trinajstić information content (AvgIpc) is 2.52. The van der Waals surface area contributed by atoms with E-state index in [2.05, 4.69) is 4.90 Å². The Bertz CT molecular complexity index is 162. The van der Waals surface area contributed by atoms with Gasteiger partial charge in [-0.15, -0.1) is 0 Å². The summed E-state index contributed by atoms with van der Waals surface area (Å²) in [6.45, 7) is 4.59. The van der Waals surface area contributed by atoms with Crippen LogP contribution in [0.25, 0.3) is 0 Å². The predicted molar refractivity (Wildman–Crippen MR) is 51.5 cm³/mol. The lowest BCUT2D eigenvalue weighted by Crippen LogP contribution is -2.50. The number of aliphatic hydroxyl groups is 1. The van der Waals surface area contributed by atoms with E-state index in [1.165, 1.54) is 0 Å². The average molecular weight is 188 g/mol. The van der Waals surface area contributed by atoms with Gasteiger partial charge in [-0.2, -0.15) is 0 Å². The highest BCUT2D eigenvalue weighted by Gasteiger charge is 2.27. The topological polar surface area (TPSA) is 58.7 Å². The molecular formula is C9H20N2O2. The van der Waals surface area contributed by atoms with Crippen LogP contribution in [0, 0.1) is 0 Å². The van der Waals surface area contributed by atoms with Gasteiger partial charge in [0, 0.05) is 32.3 Å². The molecule has 4 heteroatoms. The molecule has 1 heterocycles. The van der Waals surface area contributed by atoms with E-state index in [0.717, 1.165) is 26.1 Å². The summed E-state index contributed by atoms with van der Waals surface area (Å²) >= 11 is 0. The second-order valence-electron chi connectivity index (χ2n) is 4.19. The molecule has 3 N–H and O–H groups in total. The highest BCUT2D eigenvalue weighted by molar-refractivity contribution is 4.86. The summed E-state index contributed by atoms with van der Waals surface area (Å²) in [6.07, 6.45) is 1.41. The molecule has 4 nitrogen and oxygen atoms in total. The fourth-order valence-electron chi connectivity index (χ4n) is 1.69. The molecule has 0 amide bonds. The van der Waals surface area contributed by atoms with Crippen LogP contribution >= 0.6 is 0 Å². The summed E-state index contributed by atoms with van der Waals surface area (Å²) in [5, 5.41) is 8.99. The minimum Gasteiger partial charge on any atom is -0.394 e. The molecular weight excluding hydrogens is 168 g/mol. The van der Waals surface area contributed by atoms with Gasteiger partial charge in [-0.05, 0) is 13.3 Å². The molecule has 2 atom stereocenters. The van der Waals surface area contributed by atoms with E-state index in [0.29, 0.717) is 6.10 Å². The van der Waals surface area contributed by atoms with Gasteiger partial charge in [0.2, 0.25) is 0 Å². The summed E-state index contributed by atoms with van der Waals surface area (Å²) in [5.41, 5.74) is 5.37. The number of rotatable bonds is 4. The minimum absolute atomic E-state index is 0.0289. The van der Waals surface area contributed by atoms with Crippen molar-refractivity contribution in [2.45, 2.75) is 25.0 Å². The summed E-state index contributed by atoms with van der Waals surface area (Å²) in [6, 6.07) is 0. The van der Waals surface area contributed by atoms with Crippen LogP contribution in [0.3, 0.4) is 0 Å². The third-order valence-corrected chi connectivity index (χ3v) is 2.51. The van der Waals surface area contributed by atoms with Gasteiger partial charge in [0.05, 0.1) is 12.7 Å². The van der Waals surface area contributed by atoms with Gasteiger partial charge in [-0.25, -0.2) is 0 Å². The van der Waals surface area contributed by atoms with E-state index in [1.54, 1.807) is 7.11 Å². The zero-order valence-corrected chi connectivity index (χ0v) is 8.49. The zero-order chi connectivity index (χ0) is 9.90. The molecule has 1 aliphatic heterocycles. The van der Waals surface area contributed by atoms with Crippen molar-refractivity contribution in [1.82, 2.24) is 4.90 Å². The molecule has 0 bridgehead atoms. The van der Waals surface area contributed by atoms with E-state index < -0.39 is 5.54 Å². The minimum atomic E-state index is -0.484. The first-order chi connectivity index (χ1) is 6.07. The van der Waals surface area contributed by atoms with E-state index in [4.69, 9.17) is 15.6 Å². The Morgan fingerprint density at radius 2 is 2.38 bits per heavy atom. The highest BCUT2D eigenvalue weighted by Crippen LogP contribution is 2.14. The largest absolute Gasteiger partial charge is 0.394 e. The number of hydrogen-bond donors (Lipinski definition) is 2. The number of hydrogen-bond acceptors (Lipinski definition) is 4. The quantitative estimate of drug-likeness (QED) is 0.619. The number of nitrogens with zero attached hydrogens (tertiary/aromatic N) is 1. The Morgan fingerprint density at radius 3 is 2.85 bits per heavy atom. The Morgan fingerprint density at radius 1 is 1.69 bits per heavy atom. The molecule has 13 heavy (non-hydrogen) atoms. The highest BCUT2D eigenvalue weighted by atomic mass is 16.5. The van der Waals surface area contributed by atoms with Crippen molar-refractivity contribution < 1.29 is 9.84 Å². The second kappa shape index (κ2) is 4.37. The SMILES string of the molecule is COC1CCN(CC(C)(N)CO)C1. The third-order valence-electron chi connectivity index (χ3n) is 2.51. The molecule has 2 unspecified atom stereocenters. The predicted octanol–water partition coefficient (Wildman–Crippen LogP) is -0.583. The molecule has 0 spiro atoms. The van der Waals surface area contributed by atoms with Crippen LogP contribution in [0.2, 0.25) is 0 Å². The van der Waals surface area contributed by atoms with Gasteiger partial charge in [-0.3, -0.25) is 4.90 Å². The van der Waals surface area contributed by atoms with E-state index >= 15 is 0 Å². The molecule has 78 valence electrons. The van der Waals surface area contributed by atoms with Crippen molar-refractivity contribution >= 4 is 0 Å². The van der Waals surface area contributed by atoms with Crippen LogP contribution in [0.15, 0.2) is 0 Å². The standard InChI is InChI=1S/C9H20N2O2/c1-9(10,7-12)6-11-4-3-8(5-11)13-2/h8,12H,3-7,10H2,1-2H3. The Labute approximate surface area is 79.7 Å². The molecule has 0 aromatic carbocycles. The van der Waals surface area contributed by atoms with Gasteiger partial charge >= 0.3 is 0 Å². The molecule has 0 aromatic heterocycles. The van der Waals surface area contributed by atoms with E-state index in [1.807, 2.05) is 6.92 Å². The van der Waals surface area contributed by atoms with Crippen LogP contribution in [0.4, 0.5) is 0 Å². The summed E-state index contributed by atoms with van der Waals surface area (Å²) in [5.74, 6) is 0. The molecule has 0 aromatic rings. The van der Waals surface area contributed by atoms with Gasteiger partial charge in [-0.1, -0.05) is 0 Å². The number of methoxy groups -OCH3 is 1. The Hall–Kier alpha value is -0.160. The van der Waals surface area contributed by atoms with E-state index in [-0.39, 0.29) is 6.61 Å². The lowest BCUT2D eigenvalue weighted by molar-refractivity contribution is 0.0996. The van der Waals surface area contributed by atoms with Crippen LogP contribution in [0.5, 0.6) is 0 Å². The Kier molecular flexibility index (Phi) is 3.67. The van der Waals surface area contributed by atoms with Gasteiger partial charge < -0.3 is 15.6 Å². The summed E-state index contributed by atoms with van der Waals surface area (Å²) in [4.78, 5) is 2.24. The summed E-state index contributed by atoms with van der Waals surface area (Å²) in [7, 11) is 1.74. The lowest BCUT2D eigenvalue weighted by Gasteiger charge is -2.27. The fraction of sp³-hybridized carbons (Fsp3) is 1.00. The fourth-order valence-corrected chi connectivity index (χ4v) is 1.69. The number of likely N-dealkylation sites (tertiary alicyclic amines) is 1. The number of ether oxygens (including phenoxy) is 1. The smallest absolute Gasteiger partial charge is 0.0710 e. The normalized spacial score (nSPS) is 29.1. The molecule has 1 rings (SSSR count). The number of aliphatic hydroxyl groups excluding tert-OH is 1. The van der Waals surface area contributed by atoms with Crippen LogP contribution in [-0.4, -0.2) is 55.0 Å². The van der Waals surface area contributed by atoms with Gasteiger partial charge in [0.15, 0.2) is 0 Å². The van der Waals surface area contributed by atoms with Crippen molar-refractivity contribution in [3.63, 3.8) is 0 Å². The van der Waals surface area contributed by atoms with Gasteiger partial charge in [0.1, 0.15) is 0 Å². The molecule has 0 radical (unpaired) electrons. The zero-order valence-electron chi connectivity index (χ0n) is 8.49. The van der Waals surface area contributed by atoms with E-state index in [9.17, 15) is 0 Å². The van der Waals surface area contributed by atoms with Crippen LogP contribution in [-0.2, 0) is 4.74 Å². The molecule has 1 saturated heterocycles. The number of nitrogens with two attached hydrogens (primary N) is 1. The maximum absolute atomic E-state index is 8.99. The first-order valence-electron chi connectivity index (χ1n) is 4.72. The van der Waals surface area contributed by atoms with Crippen molar-refractivity contribution in [2.24, 2.45) is 5.73 Å². The summed E-state index contributed by atoms with van der Waals surface area (Å²) < 4.78 is 5.24.